The molecule has 0 aromatic heterocycles. The number of hydrogen-bond acceptors (Lipinski definition) is 5. The lowest BCUT2D eigenvalue weighted by Crippen LogP contribution is -2.97. The molecule has 2 aliphatic rings. The number of nitrogens with two attached hydrogens (primary N) is 1. The molecule has 3 N–H and O–H groups in total. The normalized spacial score (nSPS) is 41.2. The van der Waals surface area contributed by atoms with Crippen LogP contribution in [0, 0.1) is 0 Å². The summed E-state index contributed by atoms with van der Waals surface area (Å²) < 4.78 is 45.0. The largest absolute Gasteiger partial charge is 0.386 e. The van der Waals surface area contributed by atoms with Crippen LogP contribution >= 0.6 is 0 Å². The van der Waals surface area contributed by atoms with Crippen LogP contribution in [0.1, 0.15) is 6.42 Å². The monoisotopic (exact) mass is 270 g/mol. The van der Waals surface area contributed by atoms with E-state index in [1.165, 1.54) is 0 Å². The highest BCUT2D eigenvalue weighted by Crippen LogP contribution is 2.12. The average Bonchev–Trinajstić information content (AvgIpc) is 2.53. The third kappa shape index (κ3) is 2.73. The fraction of sp³-hybridized carbons (Fsp3) is 1.00. The lowest BCUT2D eigenvalue weighted by atomic mass is 10.1. The highest BCUT2D eigenvalue weighted by molar-refractivity contribution is 7.92. The summed E-state index contributed by atoms with van der Waals surface area (Å²) in [5.41, 5.74) is 0. The molecule has 0 unspecified atom stereocenters. The van der Waals surface area contributed by atoms with Gasteiger partial charge >= 0.3 is 0 Å². The molecule has 3 atom stereocenters. The van der Waals surface area contributed by atoms with Crippen molar-refractivity contribution in [3.8, 4) is 0 Å². The van der Waals surface area contributed by atoms with Crippen LogP contribution in [0.4, 0.5) is 0 Å². The molecular formula is C8H16NO5S2+. The summed E-state index contributed by atoms with van der Waals surface area (Å²) in [5.74, 6) is 0.0123. The predicted octanol–water partition coefficient (Wildman–Crippen LogP) is -3.11. The van der Waals surface area contributed by atoms with E-state index in [0.717, 1.165) is 0 Å². The van der Waals surface area contributed by atoms with Gasteiger partial charge in [0.2, 0.25) is 0 Å². The molecule has 2 saturated heterocycles. The van der Waals surface area contributed by atoms with Crippen LogP contribution in [0.25, 0.3) is 0 Å². The van der Waals surface area contributed by atoms with E-state index in [1.807, 2.05) is 0 Å². The average molecular weight is 270 g/mol. The Hall–Kier alpha value is -0.180. The third-order valence-electron chi connectivity index (χ3n) is 3.15. The summed E-state index contributed by atoms with van der Waals surface area (Å²) >= 11 is 0. The molecule has 2 rings (SSSR count). The summed E-state index contributed by atoms with van der Waals surface area (Å²) in [5, 5.41) is 11.3. The minimum atomic E-state index is -3.15. The zero-order valence-electron chi connectivity index (χ0n) is 8.74. The summed E-state index contributed by atoms with van der Waals surface area (Å²) in [6.07, 6.45) is -0.320. The van der Waals surface area contributed by atoms with E-state index in [0.29, 0.717) is 6.42 Å². The highest BCUT2D eigenvalue weighted by Gasteiger charge is 2.42. The van der Waals surface area contributed by atoms with Crippen molar-refractivity contribution in [1.29, 1.82) is 0 Å². The van der Waals surface area contributed by atoms with E-state index in [4.69, 9.17) is 0 Å². The van der Waals surface area contributed by atoms with E-state index in [2.05, 4.69) is 0 Å². The molecule has 2 aliphatic heterocycles. The summed E-state index contributed by atoms with van der Waals surface area (Å²) in [7, 11) is -6.09. The van der Waals surface area contributed by atoms with Crippen LogP contribution in [0.15, 0.2) is 0 Å². The second-order valence-electron chi connectivity index (χ2n) is 4.66. The van der Waals surface area contributed by atoms with Gasteiger partial charge in [-0.1, -0.05) is 0 Å². The Balaban J connectivity index is 1.97. The van der Waals surface area contributed by atoms with E-state index in [1.54, 1.807) is 5.32 Å². The molecule has 0 radical (unpaired) electrons. The minimum Gasteiger partial charge on any atom is -0.386 e. The van der Waals surface area contributed by atoms with Crippen LogP contribution < -0.4 is 5.32 Å². The number of rotatable bonds is 2. The first-order valence-electron chi connectivity index (χ1n) is 5.21. The highest BCUT2D eigenvalue weighted by atomic mass is 32.2. The van der Waals surface area contributed by atoms with Crippen molar-refractivity contribution < 1.29 is 27.3 Å². The molecule has 0 aromatic rings. The number of aliphatic hydroxyl groups excluding tert-OH is 1. The summed E-state index contributed by atoms with van der Waals surface area (Å²) in [6.45, 7) is 0. The molecule has 0 amide bonds. The zero-order chi connectivity index (χ0) is 12.0. The molecule has 94 valence electrons. The molecule has 2 heterocycles. The first kappa shape index (κ1) is 12.3. The number of sulfone groups is 2. The van der Waals surface area contributed by atoms with Gasteiger partial charge in [-0.15, -0.1) is 0 Å². The van der Waals surface area contributed by atoms with Gasteiger partial charge in [-0.2, -0.15) is 0 Å². The van der Waals surface area contributed by atoms with Gasteiger partial charge in [-0.25, -0.2) is 16.8 Å². The van der Waals surface area contributed by atoms with Crippen LogP contribution in [-0.2, 0) is 19.7 Å². The Morgan fingerprint density at radius 2 is 1.69 bits per heavy atom. The van der Waals surface area contributed by atoms with Gasteiger partial charge in [0.25, 0.3) is 0 Å². The van der Waals surface area contributed by atoms with E-state index in [-0.39, 0.29) is 29.1 Å². The van der Waals surface area contributed by atoms with Crippen LogP contribution in [0.3, 0.4) is 0 Å². The van der Waals surface area contributed by atoms with Gasteiger partial charge < -0.3 is 10.4 Å². The van der Waals surface area contributed by atoms with Crippen LogP contribution in [-0.4, -0.2) is 63.1 Å². The fourth-order valence-electron chi connectivity index (χ4n) is 2.37. The maximum Gasteiger partial charge on any atom is 0.159 e. The Labute approximate surface area is 94.9 Å². The van der Waals surface area contributed by atoms with Crippen molar-refractivity contribution >= 4 is 19.7 Å². The Morgan fingerprint density at radius 3 is 2.12 bits per heavy atom. The molecule has 0 aliphatic carbocycles. The topological polar surface area (TPSA) is 105 Å². The van der Waals surface area contributed by atoms with Crippen molar-refractivity contribution in [3.63, 3.8) is 0 Å². The summed E-state index contributed by atoms with van der Waals surface area (Å²) in [6, 6.07) is -0.499. The SMILES string of the molecule is O=S1(=O)CC[C@H]([NH2+][C@@H]2CS(=O)(=O)C[C@@H]2O)C1. The lowest BCUT2D eigenvalue weighted by molar-refractivity contribution is -0.717. The van der Waals surface area contributed by atoms with Gasteiger partial charge in [-0.3, -0.25) is 0 Å². The molecule has 0 bridgehead atoms. The first-order chi connectivity index (χ1) is 7.27. The van der Waals surface area contributed by atoms with E-state index in [9.17, 15) is 21.9 Å². The zero-order valence-corrected chi connectivity index (χ0v) is 10.4. The van der Waals surface area contributed by atoms with Gasteiger partial charge in [0.1, 0.15) is 29.7 Å². The molecule has 8 heteroatoms. The molecule has 16 heavy (non-hydrogen) atoms. The lowest BCUT2D eigenvalue weighted by Gasteiger charge is -2.15. The molecule has 0 spiro atoms. The van der Waals surface area contributed by atoms with Gasteiger partial charge in [0.15, 0.2) is 19.7 Å². The Bertz CT molecular complexity index is 469. The standard InChI is InChI=1S/C8H15NO5S2/c10-8-5-16(13,14)4-7(8)9-6-1-2-15(11,12)3-6/h6-10H,1-5H2/p+1/t6-,7+,8-/m0/s1. The fourth-order valence-corrected chi connectivity index (χ4v) is 5.95. The van der Waals surface area contributed by atoms with E-state index >= 15 is 0 Å². The van der Waals surface area contributed by atoms with E-state index < -0.39 is 31.8 Å². The molecule has 0 saturated carbocycles. The Morgan fingerprint density at radius 1 is 1.00 bits per heavy atom. The van der Waals surface area contributed by atoms with Crippen LogP contribution in [0.2, 0.25) is 0 Å². The third-order valence-corrected chi connectivity index (χ3v) is 6.69. The van der Waals surface area contributed by atoms with Crippen molar-refractivity contribution in [1.82, 2.24) is 0 Å². The molecule has 2 fully saturated rings. The number of quaternary nitrogens is 1. The minimum absolute atomic E-state index is 0.0509. The maximum absolute atomic E-state index is 11.3. The molecule has 0 aromatic carbocycles. The van der Waals surface area contributed by atoms with Gasteiger partial charge in [0, 0.05) is 6.42 Å². The smallest absolute Gasteiger partial charge is 0.159 e. The summed E-state index contributed by atoms with van der Waals surface area (Å²) in [4.78, 5) is 0. The second kappa shape index (κ2) is 3.94. The molecule has 6 nitrogen and oxygen atoms in total. The number of aliphatic hydroxyl groups is 1. The maximum atomic E-state index is 11.3. The second-order valence-corrected chi connectivity index (χ2v) is 9.05. The van der Waals surface area contributed by atoms with Gasteiger partial charge in [0.05, 0.1) is 11.5 Å². The van der Waals surface area contributed by atoms with Crippen LogP contribution in [0.5, 0.6) is 0 Å². The van der Waals surface area contributed by atoms with Crippen molar-refractivity contribution in [2.45, 2.75) is 24.6 Å². The first-order valence-corrected chi connectivity index (χ1v) is 8.86. The quantitative estimate of drug-likeness (QED) is 0.553. The molecular weight excluding hydrogens is 254 g/mol. The van der Waals surface area contributed by atoms with Crippen molar-refractivity contribution in [2.75, 3.05) is 23.0 Å². The Kier molecular flexibility index (Phi) is 3.02. The van der Waals surface area contributed by atoms with Gasteiger partial charge in [-0.05, 0) is 0 Å². The van der Waals surface area contributed by atoms with Crippen molar-refractivity contribution in [2.24, 2.45) is 0 Å². The number of hydrogen-bond donors (Lipinski definition) is 2. The van der Waals surface area contributed by atoms with Crippen molar-refractivity contribution in [3.05, 3.63) is 0 Å². The predicted molar refractivity (Wildman–Crippen MR) is 57.4 cm³/mol.